The standard InChI is InChI=1S/C25H35N3O4S/c1-7-19(3)28(24(29)32-25(4,5)6)23-15-12-20(17-26-23)22-9-8-16-27(22)33(30,31)21-13-10-18(2)11-14-21/h10-15,17,19,22H,7-9,16H2,1-6H3/t19-,22-/m1/s1. The molecular weight excluding hydrogens is 438 g/mol. The Hall–Kier alpha value is -2.45. The van der Waals surface area contributed by atoms with Gasteiger partial charge >= 0.3 is 6.09 Å². The van der Waals surface area contributed by atoms with Gasteiger partial charge in [-0.1, -0.05) is 30.7 Å². The second-order valence-corrected chi connectivity index (χ2v) is 11.5. The second-order valence-electron chi connectivity index (χ2n) is 9.64. The Morgan fingerprint density at radius 3 is 2.42 bits per heavy atom. The topological polar surface area (TPSA) is 79.8 Å². The van der Waals surface area contributed by atoms with Crippen LogP contribution in [0, 0.1) is 6.92 Å². The highest BCUT2D eigenvalue weighted by atomic mass is 32.2. The fraction of sp³-hybridized carbons (Fsp3) is 0.520. The van der Waals surface area contributed by atoms with Crippen LogP contribution in [0.3, 0.4) is 0 Å². The molecule has 0 unspecified atom stereocenters. The van der Waals surface area contributed by atoms with Gasteiger partial charge in [0.2, 0.25) is 10.0 Å². The number of benzene rings is 1. The largest absolute Gasteiger partial charge is 0.443 e. The van der Waals surface area contributed by atoms with Crippen LogP contribution in [0.15, 0.2) is 47.5 Å². The Morgan fingerprint density at radius 1 is 1.21 bits per heavy atom. The van der Waals surface area contributed by atoms with Crippen molar-refractivity contribution in [2.24, 2.45) is 0 Å². The van der Waals surface area contributed by atoms with E-state index in [1.165, 1.54) is 0 Å². The van der Waals surface area contributed by atoms with Crippen LogP contribution in [0.4, 0.5) is 10.6 Å². The summed E-state index contributed by atoms with van der Waals surface area (Å²) in [6.45, 7) is 11.9. The van der Waals surface area contributed by atoms with Crippen molar-refractivity contribution < 1.29 is 17.9 Å². The maximum Gasteiger partial charge on any atom is 0.416 e. The molecule has 0 radical (unpaired) electrons. The highest BCUT2D eigenvalue weighted by molar-refractivity contribution is 7.89. The number of carbonyl (C=O) groups excluding carboxylic acids is 1. The first kappa shape index (κ1) is 25.2. The number of sulfonamides is 1. The van der Waals surface area contributed by atoms with Gasteiger partial charge in [-0.3, -0.25) is 4.90 Å². The van der Waals surface area contributed by atoms with Gasteiger partial charge < -0.3 is 4.74 Å². The molecule has 33 heavy (non-hydrogen) atoms. The van der Waals surface area contributed by atoms with Crippen LogP contribution in [0.25, 0.3) is 0 Å². The molecule has 2 atom stereocenters. The molecule has 0 N–H and O–H groups in total. The number of ether oxygens (including phenoxy) is 1. The molecule has 0 bridgehead atoms. The lowest BCUT2D eigenvalue weighted by Crippen LogP contribution is -2.42. The number of aryl methyl sites for hydroxylation is 1. The molecule has 0 saturated carbocycles. The normalized spacial score (nSPS) is 18.2. The van der Waals surface area contributed by atoms with Crippen LogP contribution in [0.2, 0.25) is 0 Å². The molecule has 0 aliphatic carbocycles. The Kier molecular flexibility index (Phi) is 7.49. The summed E-state index contributed by atoms with van der Waals surface area (Å²) in [6, 6.07) is 10.2. The number of rotatable bonds is 6. The van der Waals surface area contributed by atoms with E-state index < -0.39 is 21.7 Å². The molecule has 3 rings (SSSR count). The summed E-state index contributed by atoms with van der Waals surface area (Å²) in [5, 5.41) is 0. The number of hydrogen-bond acceptors (Lipinski definition) is 5. The van der Waals surface area contributed by atoms with E-state index in [1.54, 1.807) is 33.6 Å². The Bertz CT molecular complexity index is 1060. The highest BCUT2D eigenvalue weighted by Crippen LogP contribution is 2.37. The molecule has 8 heteroatoms. The zero-order valence-electron chi connectivity index (χ0n) is 20.4. The summed E-state index contributed by atoms with van der Waals surface area (Å²) in [7, 11) is -3.61. The third-order valence-corrected chi connectivity index (χ3v) is 7.78. The number of nitrogens with zero attached hydrogens (tertiary/aromatic N) is 3. The number of pyridine rings is 1. The summed E-state index contributed by atoms with van der Waals surface area (Å²) >= 11 is 0. The van der Waals surface area contributed by atoms with Gasteiger partial charge in [0.15, 0.2) is 0 Å². The average Bonchev–Trinajstić information content (AvgIpc) is 3.24. The lowest BCUT2D eigenvalue weighted by Gasteiger charge is -2.31. The minimum absolute atomic E-state index is 0.0944. The van der Waals surface area contributed by atoms with Crippen LogP contribution in [-0.2, 0) is 14.8 Å². The first-order valence-electron chi connectivity index (χ1n) is 11.5. The van der Waals surface area contributed by atoms with Crippen LogP contribution < -0.4 is 4.90 Å². The smallest absolute Gasteiger partial charge is 0.416 e. The fourth-order valence-corrected chi connectivity index (χ4v) is 5.62. The van der Waals surface area contributed by atoms with Crippen molar-refractivity contribution in [1.29, 1.82) is 0 Å². The number of hydrogen-bond donors (Lipinski definition) is 0. The fourth-order valence-electron chi connectivity index (χ4n) is 3.94. The monoisotopic (exact) mass is 473 g/mol. The van der Waals surface area contributed by atoms with E-state index >= 15 is 0 Å². The minimum Gasteiger partial charge on any atom is -0.443 e. The predicted octanol–water partition coefficient (Wildman–Crippen LogP) is 5.46. The van der Waals surface area contributed by atoms with E-state index in [2.05, 4.69) is 4.98 Å². The molecule has 7 nitrogen and oxygen atoms in total. The third kappa shape index (κ3) is 5.73. The third-order valence-electron chi connectivity index (χ3n) is 5.86. The Labute approximate surface area is 197 Å². The first-order valence-corrected chi connectivity index (χ1v) is 12.9. The van der Waals surface area contributed by atoms with Gasteiger partial charge in [0.25, 0.3) is 0 Å². The first-order chi connectivity index (χ1) is 15.4. The summed E-state index contributed by atoms with van der Waals surface area (Å²) < 4.78 is 33.7. The summed E-state index contributed by atoms with van der Waals surface area (Å²) in [6.07, 6.45) is 3.50. The van der Waals surface area contributed by atoms with Gasteiger partial charge in [0.05, 0.1) is 10.9 Å². The molecule has 1 aromatic heterocycles. The van der Waals surface area contributed by atoms with Crippen molar-refractivity contribution in [3.63, 3.8) is 0 Å². The number of amides is 1. The van der Waals surface area contributed by atoms with E-state index in [0.717, 1.165) is 30.4 Å². The van der Waals surface area contributed by atoms with Gasteiger partial charge in [0.1, 0.15) is 11.4 Å². The lowest BCUT2D eigenvalue weighted by atomic mass is 10.1. The molecule has 1 fully saturated rings. The number of carbonyl (C=O) groups is 1. The molecule has 1 aliphatic rings. The molecule has 1 aliphatic heterocycles. The predicted molar refractivity (Wildman–Crippen MR) is 130 cm³/mol. The minimum atomic E-state index is -3.61. The van der Waals surface area contributed by atoms with Gasteiger partial charge in [-0.25, -0.2) is 18.2 Å². The maximum absolute atomic E-state index is 13.3. The van der Waals surface area contributed by atoms with Gasteiger partial charge in [-0.15, -0.1) is 0 Å². The molecule has 2 aromatic rings. The van der Waals surface area contributed by atoms with E-state index in [-0.39, 0.29) is 12.1 Å². The molecule has 180 valence electrons. The van der Waals surface area contributed by atoms with E-state index in [0.29, 0.717) is 17.3 Å². The van der Waals surface area contributed by atoms with Crippen molar-refractivity contribution in [3.8, 4) is 0 Å². The average molecular weight is 474 g/mol. The summed E-state index contributed by atoms with van der Waals surface area (Å²) in [5.74, 6) is 0.494. The van der Waals surface area contributed by atoms with Crippen molar-refractivity contribution in [1.82, 2.24) is 9.29 Å². The van der Waals surface area contributed by atoms with Crippen molar-refractivity contribution in [2.75, 3.05) is 11.4 Å². The highest BCUT2D eigenvalue weighted by Gasteiger charge is 2.36. The molecular formula is C25H35N3O4S. The molecule has 0 spiro atoms. The van der Waals surface area contributed by atoms with E-state index in [4.69, 9.17) is 4.74 Å². The molecule has 1 saturated heterocycles. The zero-order chi connectivity index (χ0) is 24.4. The Balaban J connectivity index is 1.87. The maximum atomic E-state index is 13.3. The lowest BCUT2D eigenvalue weighted by molar-refractivity contribution is 0.0566. The molecule has 2 heterocycles. The summed E-state index contributed by atoms with van der Waals surface area (Å²) in [5.41, 5.74) is 1.22. The number of aromatic nitrogens is 1. The quantitative estimate of drug-likeness (QED) is 0.557. The molecule has 1 aromatic carbocycles. The zero-order valence-corrected chi connectivity index (χ0v) is 21.2. The second kappa shape index (κ2) is 9.81. The van der Waals surface area contributed by atoms with Crippen molar-refractivity contribution in [3.05, 3.63) is 53.7 Å². The van der Waals surface area contributed by atoms with Crippen molar-refractivity contribution >= 4 is 21.9 Å². The van der Waals surface area contributed by atoms with E-state index in [9.17, 15) is 13.2 Å². The van der Waals surface area contributed by atoms with Crippen LogP contribution in [-0.4, -0.2) is 42.0 Å². The van der Waals surface area contributed by atoms with Gasteiger partial charge in [-0.2, -0.15) is 4.31 Å². The molecule has 1 amide bonds. The van der Waals surface area contributed by atoms with Crippen LogP contribution in [0.5, 0.6) is 0 Å². The Morgan fingerprint density at radius 2 is 1.88 bits per heavy atom. The van der Waals surface area contributed by atoms with Crippen molar-refractivity contribution in [2.45, 2.75) is 83.4 Å². The SMILES string of the molecule is CC[C@@H](C)N(C(=O)OC(C)(C)C)c1ccc([C@H]2CCCN2S(=O)(=O)c2ccc(C)cc2)cn1. The number of anilines is 1. The summed E-state index contributed by atoms with van der Waals surface area (Å²) in [4.78, 5) is 19.3. The van der Waals surface area contributed by atoms with Crippen LogP contribution in [0.1, 0.15) is 71.0 Å². The van der Waals surface area contributed by atoms with E-state index in [1.807, 2.05) is 59.7 Å². The van der Waals surface area contributed by atoms with Gasteiger partial charge in [-0.05, 0) is 77.6 Å². The van der Waals surface area contributed by atoms with Crippen LogP contribution >= 0.6 is 0 Å². The van der Waals surface area contributed by atoms with Gasteiger partial charge in [0, 0.05) is 18.8 Å².